The van der Waals surface area contributed by atoms with Crippen LogP contribution in [-0.2, 0) is 16.1 Å². The lowest BCUT2D eigenvalue weighted by Gasteiger charge is -2.24. The average Bonchev–Trinajstić information content (AvgIpc) is 3.38. The van der Waals surface area contributed by atoms with Crippen LogP contribution in [0.5, 0.6) is 5.75 Å². The summed E-state index contributed by atoms with van der Waals surface area (Å²) in [5, 5.41) is 4.11. The van der Waals surface area contributed by atoms with Gasteiger partial charge in [0.15, 0.2) is 6.10 Å². The van der Waals surface area contributed by atoms with Crippen LogP contribution in [0, 0.1) is 0 Å². The van der Waals surface area contributed by atoms with Crippen LogP contribution < -0.4 is 4.74 Å². The highest BCUT2D eigenvalue weighted by molar-refractivity contribution is 6.39. The number of hydrogen-bond donors (Lipinski definition) is 0. The van der Waals surface area contributed by atoms with Gasteiger partial charge in [-0.25, -0.2) is 0 Å². The average molecular weight is 364 g/mol. The molecule has 2 atom stereocenters. The van der Waals surface area contributed by atoms with Crippen LogP contribution in [0.3, 0.4) is 0 Å². The number of ether oxygens (including phenoxy) is 1. The predicted octanol–water partition coefficient (Wildman–Crippen LogP) is 3.75. The molecule has 0 saturated carbocycles. The Bertz CT molecular complexity index is 834. The van der Waals surface area contributed by atoms with Crippen molar-refractivity contribution in [3.05, 3.63) is 65.7 Å². The topological polar surface area (TPSA) is 51.1 Å². The zero-order valence-electron chi connectivity index (χ0n) is 15.5. The Kier molecular flexibility index (Phi) is 5.10. The zero-order valence-corrected chi connectivity index (χ0v) is 15.5. The van der Waals surface area contributed by atoms with Crippen molar-refractivity contribution in [2.45, 2.75) is 37.8 Å². The molecular weight excluding hydrogens is 340 g/mol. The van der Waals surface area contributed by atoms with Gasteiger partial charge in [-0.05, 0) is 42.5 Å². The molecule has 2 aliphatic heterocycles. The zero-order chi connectivity index (χ0) is 18.6. The minimum Gasteiger partial charge on any atom is -0.497 e. The number of rotatable bonds is 5. The number of amides is 1. The third kappa shape index (κ3) is 3.82. The molecule has 0 aliphatic carbocycles. The van der Waals surface area contributed by atoms with E-state index in [2.05, 4.69) is 11.2 Å². The molecule has 2 aromatic rings. The number of oxime groups is 1. The van der Waals surface area contributed by atoms with Gasteiger partial charge in [-0.2, -0.15) is 0 Å². The Labute approximate surface area is 159 Å². The first-order valence-electron chi connectivity index (χ1n) is 9.46. The molecule has 2 unspecified atom stereocenters. The maximum Gasteiger partial charge on any atom is 0.272 e. The molecule has 5 nitrogen and oxygen atoms in total. The SMILES string of the molecule is COc1cccc(CC2CCCN2C(=O)C2=NOC(c3ccccc3)C2)c1. The molecule has 2 aromatic carbocycles. The standard InChI is InChI=1S/C22H24N2O3/c1-26-19-11-5-7-16(14-19)13-18-10-6-12-24(18)22(25)20-15-21(27-23-20)17-8-3-2-4-9-17/h2-5,7-9,11,14,18,21H,6,10,12-13,15H2,1H3. The first-order chi connectivity index (χ1) is 13.2. The van der Waals surface area contributed by atoms with Crippen molar-refractivity contribution in [3.8, 4) is 5.75 Å². The molecule has 0 bridgehead atoms. The predicted molar refractivity (Wildman–Crippen MR) is 104 cm³/mol. The molecule has 140 valence electrons. The second-order valence-electron chi connectivity index (χ2n) is 7.10. The minimum absolute atomic E-state index is 0.0128. The highest BCUT2D eigenvalue weighted by Crippen LogP contribution is 2.30. The molecule has 2 aliphatic rings. The second kappa shape index (κ2) is 7.82. The second-order valence-corrected chi connectivity index (χ2v) is 7.10. The maximum atomic E-state index is 13.0. The summed E-state index contributed by atoms with van der Waals surface area (Å²) < 4.78 is 5.31. The Morgan fingerprint density at radius 2 is 2.07 bits per heavy atom. The molecule has 2 heterocycles. The molecule has 0 N–H and O–H groups in total. The normalized spacial score (nSPS) is 21.7. The van der Waals surface area contributed by atoms with E-state index in [4.69, 9.17) is 9.57 Å². The third-order valence-electron chi connectivity index (χ3n) is 5.33. The number of benzene rings is 2. The van der Waals surface area contributed by atoms with Crippen molar-refractivity contribution < 1.29 is 14.4 Å². The van der Waals surface area contributed by atoms with Gasteiger partial charge in [0, 0.05) is 19.0 Å². The first-order valence-corrected chi connectivity index (χ1v) is 9.46. The monoisotopic (exact) mass is 364 g/mol. The molecule has 1 amide bonds. The molecule has 4 rings (SSSR count). The van der Waals surface area contributed by atoms with Crippen molar-refractivity contribution in [3.63, 3.8) is 0 Å². The first kappa shape index (κ1) is 17.6. The Hall–Kier alpha value is -2.82. The van der Waals surface area contributed by atoms with E-state index in [1.807, 2.05) is 53.4 Å². The highest BCUT2D eigenvalue weighted by atomic mass is 16.6. The van der Waals surface area contributed by atoms with Crippen molar-refractivity contribution >= 4 is 11.6 Å². The van der Waals surface area contributed by atoms with E-state index in [1.54, 1.807) is 7.11 Å². The van der Waals surface area contributed by atoms with Crippen molar-refractivity contribution in [2.75, 3.05) is 13.7 Å². The van der Waals surface area contributed by atoms with Crippen LogP contribution in [0.1, 0.15) is 36.5 Å². The van der Waals surface area contributed by atoms with Gasteiger partial charge in [0.2, 0.25) is 0 Å². The molecule has 1 fully saturated rings. The molecule has 0 aromatic heterocycles. The van der Waals surface area contributed by atoms with E-state index < -0.39 is 0 Å². The van der Waals surface area contributed by atoms with Gasteiger partial charge >= 0.3 is 0 Å². The third-order valence-corrected chi connectivity index (χ3v) is 5.33. The van der Waals surface area contributed by atoms with Gasteiger partial charge in [-0.15, -0.1) is 0 Å². The number of carbonyl (C=O) groups excluding carboxylic acids is 1. The van der Waals surface area contributed by atoms with E-state index in [0.717, 1.165) is 37.1 Å². The summed E-state index contributed by atoms with van der Waals surface area (Å²) in [5.74, 6) is 0.862. The summed E-state index contributed by atoms with van der Waals surface area (Å²) in [7, 11) is 1.67. The maximum absolute atomic E-state index is 13.0. The number of methoxy groups -OCH3 is 1. The fourth-order valence-electron chi connectivity index (χ4n) is 3.90. The van der Waals surface area contributed by atoms with E-state index >= 15 is 0 Å². The van der Waals surface area contributed by atoms with E-state index in [9.17, 15) is 4.79 Å². The van der Waals surface area contributed by atoms with Crippen LogP contribution >= 0.6 is 0 Å². The van der Waals surface area contributed by atoms with Crippen LogP contribution in [0.4, 0.5) is 0 Å². The Morgan fingerprint density at radius 3 is 2.89 bits per heavy atom. The molecule has 1 saturated heterocycles. The quantitative estimate of drug-likeness (QED) is 0.812. The van der Waals surface area contributed by atoms with Gasteiger partial charge < -0.3 is 14.5 Å². The summed E-state index contributed by atoms with van der Waals surface area (Å²) in [5.41, 5.74) is 2.77. The van der Waals surface area contributed by atoms with Crippen LogP contribution in [0.15, 0.2) is 59.8 Å². The number of carbonyl (C=O) groups is 1. The largest absolute Gasteiger partial charge is 0.497 e. The van der Waals surface area contributed by atoms with E-state index in [-0.39, 0.29) is 18.1 Å². The number of nitrogens with zero attached hydrogens (tertiary/aromatic N) is 2. The van der Waals surface area contributed by atoms with Crippen molar-refractivity contribution in [1.29, 1.82) is 0 Å². The summed E-state index contributed by atoms with van der Waals surface area (Å²) in [6.07, 6.45) is 3.24. The van der Waals surface area contributed by atoms with E-state index in [1.165, 1.54) is 5.56 Å². The van der Waals surface area contributed by atoms with Crippen LogP contribution in [-0.4, -0.2) is 36.2 Å². The molecule has 27 heavy (non-hydrogen) atoms. The van der Waals surface area contributed by atoms with Gasteiger partial charge in [0.1, 0.15) is 11.5 Å². The Balaban J connectivity index is 1.42. The van der Waals surface area contributed by atoms with Crippen LogP contribution in [0.25, 0.3) is 0 Å². The van der Waals surface area contributed by atoms with Gasteiger partial charge in [-0.3, -0.25) is 4.79 Å². The summed E-state index contributed by atoms with van der Waals surface area (Å²) in [6, 6.07) is 18.2. The lowest BCUT2D eigenvalue weighted by Crippen LogP contribution is -2.40. The van der Waals surface area contributed by atoms with Gasteiger partial charge in [0.25, 0.3) is 5.91 Å². The van der Waals surface area contributed by atoms with Gasteiger partial charge in [0.05, 0.1) is 7.11 Å². The lowest BCUT2D eigenvalue weighted by atomic mass is 10.0. The summed E-state index contributed by atoms with van der Waals surface area (Å²) >= 11 is 0. The van der Waals surface area contributed by atoms with Crippen LogP contribution in [0.2, 0.25) is 0 Å². The Morgan fingerprint density at radius 1 is 1.22 bits per heavy atom. The van der Waals surface area contributed by atoms with Gasteiger partial charge in [-0.1, -0.05) is 47.6 Å². The number of hydrogen-bond acceptors (Lipinski definition) is 4. The lowest BCUT2D eigenvalue weighted by molar-refractivity contribution is -0.124. The molecule has 5 heteroatoms. The fourth-order valence-corrected chi connectivity index (χ4v) is 3.90. The molecule has 0 spiro atoms. The smallest absolute Gasteiger partial charge is 0.272 e. The van der Waals surface area contributed by atoms with E-state index in [0.29, 0.717) is 12.1 Å². The summed E-state index contributed by atoms with van der Waals surface area (Å²) in [6.45, 7) is 0.780. The molecule has 0 radical (unpaired) electrons. The molecular formula is C22H24N2O3. The highest BCUT2D eigenvalue weighted by Gasteiger charge is 2.35. The van der Waals surface area contributed by atoms with Crippen molar-refractivity contribution in [2.24, 2.45) is 5.16 Å². The summed E-state index contributed by atoms with van der Waals surface area (Å²) in [4.78, 5) is 20.5. The minimum atomic E-state index is -0.162. The van der Waals surface area contributed by atoms with Crippen molar-refractivity contribution in [1.82, 2.24) is 4.90 Å². The number of likely N-dealkylation sites (tertiary alicyclic amines) is 1. The fraction of sp³-hybridized carbons (Fsp3) is 0.364.